The molecule has 1 atom stereocenters. The number of aromatic nitrogens is 1. The molecule has 9 nitrogen and oxygen atoms in total. The van der Waals surface area contributed by atoms with Gasteiger partial charge in [-0.2, -0.15) is 13.2 Å². The van der Waals surface area contributed by atoms with Crippen molar-refractivity contribution >= 4 is 17.7 Å². The molecular weight excluding hydrogens is 459 g/mol. The maximum absolute atomic E-state index is 13.0. The Balaban J connectivity index is 2.13. The minimum atomic E-state index is -5.42. The first kappa shape index (κ1) is 26.9. The second-order valence-corrected chi connectivity index (χ2v) is 7.98. The van der Waals surface area contributed by atoms with Gasteiger partial charge in [0, 0.05) is 5.69 Å². The smallest absolute Gasteiger partial charge is 0.444 e. The predicted molar refractivity (Wildman–Crippen MR) is 116 cm³/mol. The number of rotatable bonds is 8. The number of aliphatic hydroxyl groups is 2. The Morgan fingerprint density at radius 1 is 1.09 bits per heavy atom. The van der Waals surface area contributed by atoms with Gasteiger partial charge in [-0.1, -0.05) is 44.2 Å². The highest BCUT2D eigenvalue weighted by Crippen LogP contribution is 2.33. The SMILES string of the molecule is Cc1ccc(NC(=O)OCc2ccccc2)c(=O)n1CC(=O)NC(C(C)C)C(O)(O)C(F)(F)F. The van der Waals surface area contributed by atoms with Crippen LogP contribution in [0.2, 0.25) is 0 Å². The van der Waals surface area contributed by atoms with Crippen LogP contribution in [-0.4, -0.2) is 44.8 Å². The fourth-order valence-electron chi connectivity index (χ4n) is 3.10. The zero-order valence-electron chi connectivity index (χ0n) is 18.7. The van der Waals surface area contributed by atoms with Crippen LogP contribution in [0.4, 0.5) is 23.7 Å². The Hall–Kier alpha value is -3.38. The van der Waals surface area contributed by atoms with Crippen molar-refractivity contribution in [2.45, 2.75) is 51.9 Å². The summed E-state index contributed by atoms with van der Waals surface area (Å²) in [6.07, 6.45) is -6.34. The Bertz CT molecular complexity index is 1070. The maximum atomic E-state index is 13.0. The summed E-state index contributed by atoms with van der Waals surface area (Å²) in [6.45, 7) is 3.23. The number of nitrogens with one attached hydrogen (secondary N) is 2. The fourth-order valence-corrected chi connectivity index (χ4v) is 3.10. The van der Waals surface area contributed by atoms with Gasteiger partial charge in [-0.15, -0.1) is 0 Å². The molecule has 0 aliphatic heterocycles. The minimum Gasteiger partial charge on any atom is -0.444 e. The molecule has 0 fully saturated rings. The molecule has 0 aliphatic rings. The van der Waals surface area contributed by atoms with Crippen molar-refractivity contribution in [3.8, 4) is 0 Å². The summed E-state index contributed by atoms with van der Waals surface area (Å²) >= 11 is 0. The van der Waals surface area contributed by atoms with Crippen LogP contribution >= 0.6 is 0 Å². The lowest BCUT2D eigenvalue weighted by atomic mass is 9.94. The van der Waals surface area contributed by atoms with E-state index in [0.717, 1.165) is 10.1 Å². The maximum Gasteiger partial charge on any atom is 0.445 e. The van der Waals surface area contributed by atoms with E-state index in [0.29, 0.717) is 0 Å². The van der Waals surface area contributed by atoms with Crippen molar-refractivity contribution in [3.05, 3.63) is 64.1 Å². The van der Waals surface area contributed by atoms with Crippen LogP contribution in [-0.2, 0) is 22.7 Å². The average molecular weight is 485 g/mol. The van der Waals surface area contributed by atoms with Crippen LogP contribution in [0.15, 0.2) is 47.3 Å². The molecule has 4 N–H and O–H groups in total. The highest BCUT2D eigenvalue weighted by Gasteiger charge is 2.59. The molecule has 186 valence electrons. The van der Waals surface area contributed by atoms with Crippen LogP contribution in [0.3, 0.4) is 0 Å². The normalized spacial score (nSPS) is 12.9. The molecular formula is C22H26F3N3O6. The molecule has 0 spiro atoms. The van der Waals surface area contributed by atoms with Crippen molar-refractivity contribution in [1.82, 2.24) is 9.88 Å². The second-order valence-electron chi connectivity index (χ2n) is 7.98. The molecule has 2 aromatic rings. The number of carbonyl (C=O) groups excluding carboxylic acids is 2. The fraction of sp³-hybridized carbons (Fsp3) is 0.409. The van der Waals surface area contributed by atoms with Gasteiger partial charge in [0.15, 0.2) is 0 Å². The number of nitrogens with zero attached hydrogens (tertiary/aromatic N) is 1. The molecule has 2 amide bonds. The molecule has 0 bridgehead atoms. The second kappa shape index (κ2) is 10.7. The number of alkyl halides is 3. The number of halogens is 3. The third-order valence-corrected chi connectivity index (χ3v) is 4.98. The standard InChI is InChI=1S/C22H26F3N3O6/c1-13(2)18(21(32,33)22(23,24)25)27-17(29)11-28-14(3)9-10-16(19(28)30)26-20(31)34-12-15-7-5-4-6-8-15/h4-10,13,18,32-33H,11-12H2,1-3H3,(H,26,31)(H,27,29). The van der Waals surface area contributed by atoms with Gasteiger partial charge in [0.2, 0.25) is 5.91 Å². The highest BCUT2D eigenvalue weighted by atomic mass is 19.4. The molecule has 0 saturated heterocycles. The molecule has 0 saturated carbocycles. The monoisotopic (exact) mass is 485 g/mol. The van der Waals surface area contributed by atoms with Crippen molar-refractivity contribution in [1.29, 1.82) is 0 Å². The van der Waals surface area contributed by atoms with Gasteiger partial charge in [0.1, 0.15) is 18.8 Å². The summed E-state index contributed by atoms with van der Waals surface area (Å²) in [5, 5.41) is 23.3. The Kier molecular flexibility index (Phi) is 8.46. The summed E-state index contributed by atoms with van der Waals surface area (Å²) in [4.78, 5) is 37.2. The number of pyridine rings is 1. The first-order valence-corrected chi connectivity index (χ1v) is 10.2. The molecule has 1 heterocycles. The quantitative estimate of drug-likeness (QED) is 0.425. The lowest BCUT2D eigenvalue weighted by Gasteiger charge is -2.35. The zero-order chi connectivity index (χ0) is 25.7. The van der Waals surface area contributed by atoms with Crippen LogP contribution in [0.25, 0.3) is 0 Å². The lowest BCUT2D eigenvalue weighted by Crippen LogP contribution is -2.63. The van der Waals surface area contributed by atoms with Crippen LogP contribution < -0.4 is 16.2 Å². The zero-order valence-corrected chi connectivity index (χ0v) is 18.7. The number of hydrogen-bond acceptors (Lipinski definition) is 6. The Labute approximate surface area is 193 Å². The summed E-state index contributed by atoms with van der Waals surface area (Å²) in [5.74, 6) is -6.25. The molecule has 1 aromatic carbocycles. The van der Waals surface area contributed by atoms with Crippen molar-refractivity contribution in [2.75, 3.05) is 5.32 Å². The van der Waals surface area contributed by atoms with E-state index in [4.69, 9.17) is 4.74 Å². The number of amides is 2. The van der Waals surface area contributed by atoms with Crippen molar-refractivity contribution < 1.29 is 37.7 Å². The highest BCUT2D eigenvalue weighted by molar-refractivity contribution is 5.84. The number of anilines is 1. The Morgan fingerprint density at radius 3 is 2.26 bits per heavy atom. The molecule has 0 radical (unpaired) electrons. The lowest BCUT2D eigenvalue weighted by molar-refractivity contribution is -0.362. The third kappa shape index (κ3) is 6.58. The van der Waals surface area contributed by atoms with Gasteiger partial charge in [0.25, 0.3) is 11.3 Å². The number of aryl methyl sites for hydroxylation is 1. The number of hydrogen-bond donors (Lipinski definition) is 4. The van der Waals surface area contributed by atoms with Crippen molar-refractivity contribution in [3.63, 3.8) is 0 Å². The van der Waals surface area contributed by atoms with Gasteiger partial charge < -0.3 is 24.8 Å². The molecule has 1 unspecified atom stereocenters. The molecule has 1 aromatic heterocycles. The summed E-state index contributed by atoms with van der Waals surface area (Å²) in [7, 11) is 0. The number of ether oxygens (including phenoxy) is 1. The van der Waals surface area contributed by atoms with Gasteiger partial charge in [-0.25, -0.2) is 4.79 Å². The van der Waals surface area contributed by atoms with E-state index in [2.05, 4.69) is 5.32 Å². The van der Waals surface area contributed by atoms with E-state index in [1.165, 1.54) is 32.9 Å². The van der Waals surface area contributed by atoms with Crippen LogP contribution in [0.1, 0.15) is 25.1 Å². The first-order chi connectivity index (χ1) is 15.7. The van der Waals surface area contributed by atoms with Crippen LogP contribution in [0, 0.1) is 12.8 Å². The van der Waals surface area contributed by atoms with Crippen molar-refractivity contribution in [2.24, 2.45) is 5.92 Å². The minimum absolute atomic E-state index is 0.0466. The summed E-state index contributed by atoms with van der Waals surface area (Å²) < 4.78 is 45.1. The average Bonchev–Trinajstić information content (AvgIpc) is 2.75. The first-order valence-electron chi connectivity index (χ1n) is 10.2. The van der Waals surface area contributed by atoms with Gasteiger partial charge in [0.05, 0.1) is 6.04 Å². The number of carbonyl (C=O) groups is 2. The van der Waals surface area contributed by atoms with Gasteiger partial charge in [-0.3, -0.25) is 14.9 Å². The van der Waals surface area contributed by atoms with E-state index in [-0.39, 0.29) is 18.0 Å². The molecule has 12 heteroatoms. The predicted octanol–water partition coefficient (Wildman–Crippen LogP) is 2.29. The van der Waals surface area contributed by atoms with Crippen LogP contribution in [0.5, 0.6) is 0 Å². The summed E-state index contributed by atoms with van der Waals surface area (Å²) in [6, 6.07) is 9.41. The summed E-state index contributed by atoms with van der Waals surface area (Å²) in [5.41, 5.74) is -0.0219. The Morgan fingerprint density at radius 2 is 1.71 bits per heavy atom. The van der Waals surface area contributed by atoms with Gasteiger partial charge in [-0.05, 0) is 30.5 Å². The largest absolute Gasteiger partial charge is 0.445 e. The molecule has 0 aliphatic carbocycles. The van der Waals surface area contributed by atoms with E-state index in [9.17, 15) is 37.8 Å². The number of benzene rings is 1. The van der Waals surface area contributed by atoms with E-state index in [1.807, 2.05) is 5.32 Å². The van der Waals surface area contributed by atoms with E-state index >= 15 is 0 Å². The topological polar surface area (TPSA) is 130 Å². The van der Waals surface area contributed by atoms with E-state index < -0.39 is 48.0 Å². The molecule has 2 rings (SSSR count). The molecule has 34 heavy (non-hydrogen) atoms. The van der Waals surface area contributed by atoms with E-state index in [1.54, 1.807) is 30.3 Å². The van der Waals surface area contributed by atoms with Gasteiger partial charge >= 0.3 is 12.3 Å². The third-order valence-electron chi connectivity index (χ3n) is 4.98.